The van der Waals surface area contributed by atoms with Gasteiger partial charge in [0, 0.05) is 0 Å². The first kappa shape index (κ1) is 13.1. The normalized spacial score (nSPS) is 10.4. The van der Waals surface area contributed by atoms with E-state index >= 15 is 0 Å². The molecule has 0 aliphatic heterocycles. The van der Waals surface area contributed by atoms with E-state index < -0.39 is 15.5 Å². The molecule has 1 aromatic carbocycles. The Hall–Kier alpha value is -2.29. The van der Waals surface area contributed by atoms with Crippen LogP contribution in [0.15, 0.2) is 22.8 Å². The number of ether oxygens (including phenoxy) is 1. The second kappa shape index (κ2) is 4.76. The number of pyridine rings is 1. The summed E-state index contributed by atoms with van der Waals surface area (Å²) in [6.45, 7) is 0. The molecule has 0 spiro atoms. The third-order valence-electron chi connectivity index (χ3n) is 2.46. The Kier molecular flexibility index (Phi) is 3.30. The molecule has 0 N–H and O–H groups in total. The van der Waals surface area contributed by atoms with Crippen LogP contribution in [-0.2, 0) is 0 Å². The van der Waals surface area contributed by atoms with Crippen LogP contribution in [-0.4, -0.2) is 21.9 Å². The third kappa shape index (κ3) is 2.19. The zero-order chi connectivity index (χ0) is 14.2. The van der Waals surface area contributed by atoms with Crippen molar-refractivity contribution in [1.82, 2.24) is 4.98 Å². The summed E-state index contributed by atoms with van der Waals surface area (Å²) in [7, 11) is 1.25. The molecule has 0 fully saturated rings. The number of hydrogen-bond acceptors (Lipinski definition) is 6. The first-order chi connectivity index (χ1) is 8.95. The molecule has 2 rings (SSSR count). The van der Waals surface area contributed by atoms with Gasteiger partial charge in [0.05, 0.1) is 28.4 Å². The molecule has 1 aromatic heterocycles. The van der Waals surface area contributed by atoms with Crippen molar-refractivity contribution in [1.29, 1.82) is 0 Å². The summed E-state index contributed by atoms with van der Waals surface area (Å²) in [6, 6.07) is 3.84. The van der Waals surface area contributed by atoms with Crippen LogP contribution in [0.2, 0.25) is 0 Å². The molecule has 0 saturated heterocycles. The minimum atomic E-state index is -0.742. The van der Waals surface area contributed by atoms with Crippen LogP contribution in [0.4, 0.5) is 11.4 Å². The van der Waals surface area contributed by atoms with E-state index in [9.17, 15) is 20.2 Å². The van der Waals surface area contributed by atoms with Crippen molar-refractivity contribution in [2.24, 2.45) is 0 Å². The van der Waals surface area contributed by atoms with Gasteiger partial charge in [-0.3, -0.25) is 20.2 Å². The number of benzene rings is 1. The lowest BCUT2D eigenvalue weighted by Gasteiger charge is -2.06. The van der Waals surface area contributed by atoms with E-state index in [0.717, 1.165) is 6.07 Å². The summed E-state index contributed by atoms with van der Waals surface area (Å²) in [5, 5.41) is 22.1. The van der Waals surface area contributed by atoms with Gasteiger partial charge >= 0.3 is 5.69 Å². The lowest BCUT2D eigenvalue weighted by atomic mass is 10.1. The molecule has 0 aliphatic rings. The molecule has 0 bridgehead atoms. The van der Waals surface area contributed by atoms with Crippen molar-refractivity contribution >= 4 is 38.2 Å². The van der Waals surface area contributed by atoms with E-state index in [0.29, 0.717) is 4.60 Å². The molecule has 9 heteroatoms. The summed E-state index contributed by atoms with van der Waals surface area (Å²) >= 11 is 3.11. The molecule has 0 unspecified atom stereocenters. The number of rotatable bonds is 3. The molecule has 0 amide bonds. The van der Waals surface area contributed by atoms with E-state index in [1.165, 1.54) is 19.2 Å². The minimum absolute atomic E-state index is 0.0674. The predicted octanol–water partition coefficient (Wildman–Crippen LogP) is 2.82. The molecule has 98 valence electrons. The van der Waals surface area contributed by atoms with Crippen LogP contribution in [0.5, 0.6) is 5.75 Å². The van der Waals surface area contributed by atoms with Crippen LogP contribution in [0.25, 0.3) is 10.9 Å². The highest BCUT2D eigenvalue weighted by Gasteiger charge is 2.27. The number of halogens is 1. The van der Waals surface area contributed by atoms with E-state index in [1.807, 2.05) is 0 Å². The average Bonchev–Trinajstić information content (AvgIpc) is 2.35. The second-order valence-corrected chi connectivity index (χ2v) is 4.30. The Morgan fingerprint density at radius 2 is 1.84 bits per heavy atom. The van der Waals surface area contributed by atoms with Crippen LogP contribution in [0, 0.1) is 20.2 Å². The first-order valence-corrected chi connectivity index (χ1v) is 5.71. The zero-order valence-electron chi connectivity index (χ0n) is 9.49. The number of hydrogen-bond donors (Lipinski definition) is 0. The Morgan fingerprint density at radius 3 is 2.37 bits per heavy atom. The highest BCUT2D eigenvalue weighted by atomic mass is 79.9. The van der Waals surface area contributed by atoms with Crippen molar-refractivity contribution in [3.63, 3.8) is 0 Å². The third-order valence-corrected chi connectivity index (χ3v) is 2.90. The highest BCUT2D eigenvalue weighted by molar-refractivity contribution is 9.10. The zero-order valence-corrected chi connectivity index (χ0v) is 11.1. The molecule has 0 radical (unpaired) electrons. The quantitative estimate of drug-likeness (QED) is 0.487. The maximum atomic E-state index is 11.0. The predicted molar refractivity (Wildman–Crippen MR) is 69.3 cm³/mol. The molecule has 8 nitrogen and oxygen atoms in total. The monoisotopic (exact) mass is 327 g/mol. The van der Waals surface area contributed by atoms with Crippen LogP contribution >= 0.6 is 15.9 Å². The molecule has 19 heavy (non-hydrogen) atoms. The van der Waals surface area contributed by atoms with E-state index in [1.54, 1.807) is 0 Å². The number of methoxy groups -OCH3 is 1. The molecule has 2 aromatic rings. The Labute approximate surface area is 114 Å². The van der Waals surface area contributed by atoms with E-state index in [-0.39, 0.29) is 22.3 Å². The van der Waals surface area contributed by atoms with Crippen molar-refractivity contribution in [2.75, 3.05) is 7.11 Å². The molecular weight excluding hydrogens is 322 g/mol. The lowest BCUT2D eigenvalue weighted by molar-refractivity contribution is -0.393. The van der Waals surface area contributed by atoms with Crippen molar-refractivity contribution < 1.29 is 14.6 Å². The SMILES string of the molecule is COc1c([N+](=O)[O-])cc([N+](=O)[O-])c2ccc(Br)nc12. The minimum Gasteiger partial charge on any atom is -0.489 e. The van der Waals surface area contributed by atoms with Crippen molar-refractivity contribution in [2.45, 2.75) is 0 Å². The summed E-state index contributed by atoms with van der Waals surface area (Å²) in [5.74, 6) is -0.105. The van der Waals surface area contributed by atoms with E-state index in [2.05, 4.69) is 20.9 Å². The standard InChI is InChI=1S/C10H6BrN3O5/c1-19-10-7(14(17)18)4-6(13(15)16)5-2-3-8(11)12-9(5)10/h2-4H,1H3. The van der Waals surface area contributed by atoms with Gasteiger partial charge in [-0.05, 0) is 28.1 Å². The average molecular weight is 328 g/mol. The number of fused-ring (bicyclic) bond motifs is 1. The maximum Gasteiger partial charge on any atom is 0.320 e. The number of aromatic nitrogens is 1. The van der Waals surface area contributed by atoms with Crippen molar-refractivity contribution in [3.05, 3.63) is 43.0 Å². The van der Waals surface area contributed by atoms with Gasteiger partial charge in [0.25, 0.3) is 5.69 Å². The fraction of sp³-hybridized carbons (Fsp3) is 0.100. The number of non-ortho nitro benzene ring substituents is 1. The fourth-order valence-corrected chi connectivity index (χ4v) is 2.01. The smallest absolute Gasteiger partial charge is 0.320 e. The van der Waals surface area contributed by atoms with Gasteiger partial charge in [0.2, 0.25) is 5.75 Å². The molecule has 0 atom stereocenters. The van der Waals surface area contributed by atoms with Crippen LogP contribution in [0.1, 0.15) is 0 Å². The molecular formula is C10H6BrN3O5. The summed E-state index contributed by atoms with van der Waals surface area (Å²) < 4.78 is 5.36. The van der Waals surface area contributed by atoms with Crippen molar-refractivity contribution in [3.8, 4) is 5.75 Å². The Morgan fingerprint density at radius 1 is 1.21 bits per heavy atom. The lowest BCUT2D eigenvalue weighted by Crippen LogP contribution is -1.99. The summed E-state index contributed by atoms with van der Waals surface area (Å²) in [4.78, 5) is 24.5. The number of nitro benzene ring substituents is 2. The van der Waals surface area contributed by atoms with Gasteiger partial charge in [-0.15, -0.1) is 0 Å². The Bertz CT molecular complexity index is 703. The maximum absolute atomic E-state index is 11.0. The second-order valence-electron chi connectivity index (χ2n) is 3.49. The Balaban J connectivity index is 2.98. The van der Waals surface area contributed by atoms with Crippen LogP contribution in [0.3, 0.4) is 0 Å². The first-order valence-electron chi connectivity index (χ1n) is 4.91. The molecule has 0 saturated carbocycles. The van der Waals surface area contributed by atoms with Gasteiger partial charge in [-0.25, -0.2) is 4.98 Å². The van der Waals surface area contributed by atoms with Crippen LogP contribution < -0.4 is 4.74 Å². The van der Waals surface area contributed by atoms with Gasteiger partial charge in [0.15, 0.2) is 0 Å². The van der Waals surface area contributed by atoms with Gasteiger partial charge in [0.1, 0.15) is 10.1 Å². The summed E-state index contributed by atoms with van der Waals surface area (Å²) in [6.07, 6.45) is 0. The largest absolute Gasteiger partial charge is 0.489 e. The number of nitrogens with zero attached hydrogens (tertiary/aromatic N) is 3. The van der Waals surface area contributed by atoms with E-state index in [4.69, 9.17) is 4.74 Å². The summed E-state index contributed by atoms with van der Waals surface area (Å²) in [5.41, 5.74) is -0.812. The number of nitro groups is 2. The topological polar surface area (TPSA) is 108 Å². The van der Waals surface area contributed by atoms with Gasteiger partial charge < -0.3 is 4.74 Å². The van der Waals surface area contributed by atoms with Gasteiger partial charge in [-0.2, -0.15) is 0 Å². The molecule has 0 aliphatic carbocycles. The molecule has 1 heterocycles. The van der Waals surface area contributed by atoms with Gasteiger partial charge in [-0.1, -0.05) is 0 Å². The highest BCUT2D eigenvalue weighted by Crippen LogP contribution is 2.40. The fourth-order valence-electron chi connectivity index (χ4n) is 1.70.